The number of nitrogens with zero attached hydrogens (tertiary/aromatic N) is 2. The van der Waals surface area contributed by atoms with Crippen LogP contribution in [0.25, 0.3) is 0 Å². The summed E-state index contributed by atoms with van der Waals surface area (Å²) >= 11 is 0. The van der Waals surface area contributed by atoms with Crippen molar-refractivity contribution < 1.29 is 4.39 Å². The SMILES string of the molecule is CN(Cc1ccccn1)c1ccc(CN)c(F)c1. The highest BCUT2D eigenvalue weighted by Crippen LogP contribution is 2.18. The van der Waals surface area contributed by atoms with E-state index in [1.54, 1.807) is 12.3 Å². The molecule has 94 valence electrons. The summed E-state index contributed by atoms with van der Waals surface area (Å²) in [6.45, 7) is 0.859. The zero-order chi connectivity index (χ0) is 13.0. The number of aromatic nitrogens is 1. The molecule has 0 amide bonds. The van der Waals surface area contributed by atoms with Gasteiger partial charge in [0.25, 0.3) is 0 Å². The van der Waals surface area contributed by atoms with E-state index in [9.17, 15) is 4.39 Å². The number of benzene rings is 1. The van der Waals surface area contributed by atoms with E-state index in [1.165, 1.54) is 6.07 Å². The molecule has 0 saturated heterocycles. The lowest BCUT2D eigenvalue weighted by Gasteiger charge is -2.19. The van der Waals surface area contributed by atoms with Crippen LogP contribution >= 0.6 is 0 Å². The molecule has 2 aromatic rings. The molecule has 0 atom stereocenters. The highest BCUT2D eigenvalue weighted by Gasteiger charge is 2.06. The van der Waals surface area contributed by atoms with Crippen LogP contribution in [0.2, 0.25) is 0 Å². The average molecular weight is 245 g/mol. The van der Waals surface area contributed by atoms with Gasteiger partial charge in [0, 0.05) is 31.0 Å². The molecule has 1 heterocycles. The number of halogens is 1. The molecule has 0 saturated carbocycles. The van der Waals surface area contributed by atoms with Crippen LogP contribution in [0.5, 0.6) is 0 Å². The number of anilines is 1. The zero-order valence-electron chi connectivity index (χ0n) is 10.3. The molecule has 0 aliphatic heterocycles. The third kappa shape index (κ3) is 2.84. The van der Waals surface area contributed by atoms with Gasteiger partial charge in [-0.25, -0.2) is 4.39 Å². The molecule has 0 aliphatic carbocycles. The van der Waals surface area contributed by atoms with E-state index in [0.29, 0.717) is 12.1 Å². The number of hydrogen-bond acceptors (Lipinski definition) is 3. The highest BCUT2D eigenvalue weighted by molar-refractivity contribution is 5.47. The summed E-state index contributed by atoms with van der Waals surface area (Å²) in [5.41, 5.74) is 7.73. The second-order valence-electron chi connectivity index (χ2n) is 4.16. The lowest BCUT2D eigenvalue weighted by atomic mass is 10.2. The first kappa shape index (κ1) is 12.5. The Morgan fingerprint density at radius 3 is 2.72 bits per heavy atom. The molecule has 0 bridgehead atoms. The minimum atomic E-state index is -0.261. The fourth-order valence-corrected chi connectivity index (χ4v) is 1.77. The maximum absolute atomic E-state index is 13.6. The third-order valence-electron chi connectivity index (χ3n) is 2.82. The summed E-state index contributed by atoms with van der Waals surface area (Å²) in [6.07, 6.45) is 1.75. The minimum absolute atomic E-state index is 0.218. The van der Waals surface area contributed by atoms with Crippen LogP contribution in [0.15, 0.2) is 42.6 Å². The van der Waals surface area contributed by atoms with Gasteiger partial charge in [-0.3, -0.25) is 4.98 Å². The van der Waals surface area contributed by atoms with Crippen molar-refractivity contribution in [2.75, 3.05) is 11.9 Å². The second kappa shape index (κ2) is 5.60. The average Bonchev–Trinajstić information content (AvgIpc) is 2.39. The summed E-state index contributed by atoms with van der Waals surface area (Å²) in [7, 11) is 1.91. The van der Waals surface area contributed by atoms with E-state index in [-0.39, 0.29) is 12.4 Å². The van der Waals surface area contributed by atoms with Gasteiger partial charge in [0.1, 0.15) is 5.82 Å². The van der Waals surface area contributed by atoms with Gasteiger partial charge < -0.3 is 10.6 Å². The van der Waals surface area contributed by atoms with Gasteiger partial charge >= 0.3 is 0 Å². The fourth-order valence-electron chi connectivity index (χ4n) is 1.77. The summed E-state index contributed by atoms with van der Waals surface area (Å²) in [6, 6.07) is 10.9. The molecule has 1 aromatic heterocycles. The maximum atomic E-state index is 13.6. The van der Waals surface area contributed by atoms with Gasteiger partial charge in [0.2, 0.25) is 0 Å². The van der Waals surface area contributed by atoms with Gasteiger partial charge in [-0.15, -0.1) is 0 Å². The van der Waals surface area contributed by atoms with E-state index in [4.69, 9.17) is 5.73 Å². The summed E-state index contributed by atoms with van der Waals surface area (Å²) in [5.74, 6) is -0.261. The van der Waals surface area contributed by atoms with E-state index in [2.05, 4.69) is 4.98 Å². The number of hydrogen-bond donors (Lipinski definition) is 1. The topological polar surface area (TPSA) is 42.2 Å². The van der Waals surface area contributed by atoms with Gasteiger partial charge in [0.15, 0.2) is 0 Å². The van der Waals surface area contributed by atoms with Crippen LogP contribution in [0.4, 0.5) is 10.1 Å². The molecule has 1 aromatic carbocycles. The lowest BCUT2D eigenvalue weighted by Crippen LogP contribution is -2.17. The largest absolute Gasteiger partial charge is 0.369 e. The monoisotopic (exact) mass is 245 g/mol. The molecule has 0 aliphatic rings. The van der Waals surface area contributed by atoms with Crippen LogP contribution < -0.4 is 10.6 Å². The molecular weight excluding hydrogens is 229 g/mol. The van der Waals surface area contributed by atoms with Crippen LogP contribution in [0.1, 0.15) is 11.3 Å². The molecule has 0 fully saturated rings. The zero-order valence-corrected chi connectivity index (χ0v) is 10.3. The Hall–Kier alpha value is -1.94. The van der Waals surface area contributed by atoms with Crippen LogP contribution in [0.3, 0.4) is 0 Å². The Labute approximate surface area is 106 Å². The predicted molar refractivity (Wildman–Crippen MR) is 70.6 cm³/mol. The normalized spacial score (nSPS) is 10.4. The summed E-state index contributed by atoms with van der Waals surface area (Å²) in [4.78, 5) is 6.20. The Balaban J connectivity index is 2.14. The molecule has 2 N–H and O–H groups in total. The van der Waals surface area contributed by atoms with E-state index < -0.39 is 0 Å². The van der Waals surface area contributed by atoms with Crippen molar-refractivity contribution >= 4 is 5.69 Å². The minimum Gasteiger partial charge on any atom is -0.369 e. The summed E-state index contributed by atoms with van der Waals surface area (Å²) in [5, 5.41) is 0. The Kier molecular flexibility index (Phi) is 3.89. The molecule has 4 heteroatoms. The van der Waals surface area contributed by atoms with Crippen molar-refractivity contribution in [3.8, 4) is 0 Å². The van der Waals surface area contributed by atoms with E-state index in [1.807, 2.05) is 36.2 Å². The van der Waals surface area contributed by atoms with Gasteiger partial charge in [-0.1, -0.05) is 12.1 Å². The van der Waals surface area contributed by atoms with Crippen molar-refractivity contribution in [3.63, 3.8) is 0 Å². The van der Waals surface area contributed by atoms with Gasteiger partial charge in [-0.2, -0.15) is 0 Å². The molecule has 18 heavy (non-hydrogen) atoms. The molecule has 0 radical (unpaired) electrons. The first-order valence-electron chi connectivity index (χ1n) is 5.80. The van der Waals surface area contributed by atoms with Crippen molar-refractivity contribution in [1.82, 2.24) is 4.98 Å². The van der Waals surface area contributed by atoms with Crippen LogP contribution in [0, 0.1) is 5.82 Å². The van der Waals surface area contributed by atoms with E-state index >= 15 is 0 Å². The highest BCUT2D eigenvalue weighted by atomic mass is 19.1. The van der Waals surface area contributed by atoms with Gasteiger partial charge in [-0.05, 0) is 24.3 Å². The lowest BCUT2D eigenvalue weighted by molar-refractivity contribution is 0.610. The standard InChI is InChI=1S/C14H16FN3/c1-18(10-12-4-2-3-7-17-12)13-6-5-11(9-16)14(15)8-13/h2-8H,9-10,16H2,1H3. The van der Waals surface area contributed by atoms with Crippen molar-refractivity contribution in [3.05, 3.63) is 59.7 Å². The fraction of sp³-hybridized carbons (Fsp3) is 0.214. The van der Waals surface area contributed by atoms with Gasteiger partial charge in [0.05, 0.1) is 12.2 Å². The molecule has 0 unspecified atom stereocenters. The van der Waals surface area contributed by atoms with Crippen LogP contribution in [-0.4, -0.2) is 12.0 Å². The quantitative estimate of drug-likeness (QED) is 0.898. The molecule has 2 rings (SSSR count). The number of rotatable bonds is 4. The Morgan fingerprint density at radius 1 is 1.28 bits per heavy atom. The smallest absolute Gasteiger partial charge is 0.129 e. The van der Waals surface area contributed by atoms with Crippen LogP contribution in [-0.2, 0) is 13.1 Å². The first-order valence-corrected chi connectivity index (χ1v) is 5.80. The second-order valence-corrected chi connectivity index (χ2v) is 4.16. The Morgan fingerprint density at radius 2 is 2.11 bits per heavy atom. The molecule has 0 spiro atoms. The summed E-state index contributed by atoms with van der Waals surface area (Å²) < 4.78 is 13.6. The number of pyridine rings is 1. The van der Waals surface area contributed by atoms with Crippen molar-refractivity contribution in [2.24, 2.45) is 5.73 Å². The Bertz CT molecular complexity index is 514. The number of nitrogens with two attached hydrogens (primary N) is 1. The van der Waals surface area contributed by atoms with Crippen molar-refractivity contribution in [1.29, 1.82) is 0 Å². The molecule has 3 nitrogen and oxygen atoms in total. The third-order valence-corrected chi connectivity index (χ3v) is 2.82. The van der Waals surface area contributed by atoms with E-state index in [0.717, 1.165) is 11.4 Å². The first-order chi connectivity index (χ1) is 8.70. The van der Waals surface area contributed by atoms with Crippen molar-refractivity contribution in [2.45, 2.75) is 13.1 Å². The predicted octanol–water partition coefficient (Wildman–Crippen LogP) is 2.32. The molecular formula is C14H16FN3. The maximum Gasteiger partial charge on any atom is 0.129 e.